The highest BCUT2D eigenvalue weighted by atomic mass is 16.5. The van der Waals surface area contributed by atoms with Gasteiger partial charge in [0.25, 0.3) is 0 Å². The van der Waals surface area contributed by atoms with Crippen LogP contribution < -0.4 is 9.47 Å². The van der Waals surface area contributed by atoms with Crippen molar-refractivity contribution in [2.75, 3.05) is 27.3 Å². The Hall–Kier alpha value is -1.52. The van der Waals surface area contributed by atoms with Gasteiger partial charge in [0.05, 0.1) is 19.8 Å². The maximum atomic E-state index is 10.0. The van der Waals surface area contributed by atoms with Crippen LogP contribution in [0, 0.1) is 0 Å². The molecule has 4 heteroatoms. The molecule has 1 aliphatic heterocycles. The van der Waals surface area contributed by atoms with E-state index in [1.807, 2.05) is 12.1 Å². The number of hydrogen-bond acceptors (Lipinski definition) is 4. The Kier molecular flexibility index (Phi) is 4.64. The van der Waals surface area contributed by atoms with Gasteiger partial charge < -0.3 is 19.5 Å². The van der Waals surface area contributed by atoms with Gasteiger partial charge in [0, 0.05) is 11.5 Å². The van der Waals surface area contributed by atoms with Crippen molar-refractivity contribution in [3.63, 3.8) is 0 Å². The number of aliphatic hydroxyl groups excluding tert-OH is 1. The van der Waals surface area contributed by atoms with Crippen LogP contribution in [0.15, 0.2) is 30.4 Å². The number of likely N-dealkylation sites (N-methyl/N-ethyl adjacent to an activating group) is 1. The predicted molar refractivity (Wildman–Crippen MR) is 91.3 cm³/mol. The average Bonchev–Trinajstić information content (AvgIpc) is 2.90. The maximum absolute atomic E-state index is 10.0. The number of methoxy groups -OCH3 is 1. The Morgan fingerprint density at radius 1 is 1.35 bits per heavy atom. The lowest BCUT2D eigenvalue weighted by atomic mass is 9.69. The van der Waals surface area contributed by atoms with Crippen LogP contribution in [0.5, 0.6) is 11.5 Å². The molecule has 1 aliphatic carbocycles. The highest BCUT2D eigenvalue weighted by Gasteiger charge is 2.48. The fourth-order valence-corrected chi connectivity index (χ4v) is 3.98. The van der Waals surface area contributed by atoms with Gasteiger partial charge in [-0.05, 0) is 50.6 Å². The molecular weight excluding hydrogens is 290 g/mol. The van der Waals surface area contributed by atoms with E-state index in [-0.39, 0.29) is 11.5 Å². The summed E-state index contributed by atoms with van der Waals surface area (Å²) in [6.45, 7) is 3.83. The molecule has 3 atom stereocenters. The van der Waals surface area contributed by atoms with Crippen LogP contribution in [0.4, 0.5) is 0 Å². The van der Waals surface area contributed by atoms with E-state index in [1.165, 1.54) is 5.56 Å². The van der Waals surface area contributed by atoms with Crippen molar-refractivity contribution >= 4 is 0 Å². The van der Waals surface area contributed by atoms with E-state index in [2.05, 4.69) is 37.1 Å². The smallest absolute Gasteiger partial charge is 0.161 e. The fraction of sp³-hybridized carbons (Fsp3) is 0.579. The van der Waals surface area contributed by atoms with Crippen molar-refractivity contribution in [3.8, 4) is 11.5 Å². The van der Waals surface area contributed by atoms with Gasteiger partial charge in [-0.1, -0.05) is 25.1 Å². The Morgan fingerprint density at radius 2 is 2.17 bits per heavy atom. The number of aliphatic hydroxyl groups is 1. The number of ether oxygens (including phenoxy) is 2. The van der Waals surface area contributed by atoms with Gasteiger partial charge in [-0.2, -0.15) is 0 Å². The minimum atomic E-state index is -0.345. The van der Waals surface area contributed by atoms with Crippen molar-refractivity contribution in [2.45, 2.75) is 43.7 Å². The first-order chi connectivity index (χ1) is 11.1. The molecule has 126 valence electrons. The molecule has 0 amide bonds. The molecule has 0 aromatic heterocycles. The Morgan fingerprint density at radius 3 is 2.91 bits per heavy atom. The molecule has 4 nitrogen and oxygen atoms in total. The first-order valence-corrected chi connectivity index (χ1v) is 8.49. The summed E-state index contributed by atoms with van der Waals surface area (Å²) in [7, 11) is 3.82. The zero-order valence-electron chi connectivity index (χ0n) is 14.3. The van der Waals surface area contributed by atoms with Gasteiger partial charge in [0.15, 0.2) is 11.5 Å². The monoisotopic (exact) mass is 317 g/mol. The van der Waals surface area contributed by atoms with E-state index in [0.717, 1.165) is 37.3 Å². The Labute approximate surface area is 138 Å². The van der Waals surface area contributed by atoms with Crippen molar-refractivity contribution in [3.05, 3.63) is 35.9 Å². The molecule has 0 unspecified atom stereocenters. The number of fused-ring (bicyclic) bond motifs is 1. The molecule has 0 radical (unpaired) electrons. The summed E-state index contributed by atoms with van der Waals surface area (Å²) in [6, 6.07) is 6.60. The van der Waals surface area contributed by atoms with Crippen LogP contribution in [-0.2, 0) is 5.41 Å². The molecule has 0 bridgehead atoms. The van der Waals surface area contributed by atoms with E-state index in [0.29, 0.717) is 12.6 Å². The molecule has 2 aliphatic rings. The molecule has 1 N–H and O–H groups in total. The minimum Gasteiger partial charge on any atom is -0.493 e. The second-order valence-corrected chi connectivity index (χ2v) is 6.66. The molecule has 1 aromatic carbocycles. The summed E-state index contributed by atoms with van der Waals surface area (Å²) < 4.78 is 11.3. The molecule has 0 saturated carbocycles. The lowest BCUT2D eigenvalue weighted by molar-refractivity contribution is 0.137. The molecule has 1 aromatic rings. The summed E-state index contributed by atoms with van der Waals surface area (Å²) in [6.07, 6.45) is 6.63. The van der Waals surface area contributed by atoms with Crippen molar-refractivity contribution < 1.29 is 14.6 Å². The maximum Gasteiger partial charge on any atom is 0.161 e. The van der Waals surface area contributed by atoms with Crippen molar-refractivity contribution in [2.24, 2.45) is 0 Å². The van der Waals surface area contributed by atoms with Crippen LogP contribution in [0.1, 0.15) is 31.7 Å². The van der Waals surface area contributed by atoms with Gasteiger partial charge in [-0.15, -0.1) is 0 Å². The molecule has 0 spiro atoms. The zero-order chi connectivity index (χ0) is 16.4. The number of likely N-dealkylation sites (tertiary alicyclic amines) is 1. The Balaban J connectivity index is 2.01. The van der Waals surface area contributed by atoms with E-state index in [9.17, 15) is 5.11 Å². The SMILES string of the molecule is CCCOc1cc([C@@]23C=C[C@H](O)C[C@@H]2N(C)CC3)ccc1OC. The van der Waals surface area contributed by atoms with Gasteiger partial charge >= 0.3 is 0 Å². The standard InChI is InChI=1S/C19H27NO3/c1-4-11-23-17-12-14(5-6-16(17)22-3)19-8-7-15(21)13-18(19)20(2)10-9-19/h5-8,12,15,18,21H,4,9-11,13H2,1-3H3/t15-,18-,19-/m0/s1. The third kappa shape index (κ3) is 2.86. The first-order valence-electron chi connectivity index (χ1n) is 8.49. The van der Waals surface area contributed by atoms with E-state index in [4.69, 9.17) is 9.47 Å². The van der Waals surface area contributed by atoms with Crippen molar-refractivity contribution in [1.82, 2.24) is 4.90 Å². The summed E-state index contributed by atoms with van der Waals surface area (Å²) in [4.78, 5) is 2.36. The number of rotatable bonds is 5. The van der Waals surface area contributed by atoms with E-state index < -0.39 is 0 Å². The quantitative estimate of drug-likeness (QED) is 0.848. The molecule has 1 saturated heterocycles. The lowest BCUT2D eigenvalue weighted by Crippen LogP contribution is -2.44. The summed E-state index contributed by atoms with van der Waals surface area (Å²) in [5.74, 6) is 1.59. The zero-order valence-corrected chi connectivity index (χ0v) is 14.3. The van der Waals surface area contributed by atoms with Gasteiger partial charge in [-0.3, -0.25) is 0 Å². The largest absolute Gasteiger partial charge is 0.493 e. The molecule has 23 heavy (non-hydrogen) atoms. The van der Waals surface area contributed by atoms with Crippen LogP contribution in [0.25, 0.3) is 0 Å². The topological polar surface area (TPSA) is 41.9 Å². The van der Waals surface area contributed by atoms with Gasteiger partial charge in [-0.25, -0.2) is 0 Å². The minimum absolute atomic E-state index is 0.0371. The fourth-order valence-electron chi connectivity index (χ4n) is 3.98. The summed E-state index contributed by atoms with van der Waals surface area (Å²) in [5, 5.41) is 10.0. The molecule has 1 heterocycles. The molecule has 3 rings (SSSR count). The normalized spacial score (nSPS) is 30.3. The third-order valence-corrected chi connectivity index (χ3v) is 5.25. The van der Waals surface area contributed by atoms with Crippen LogP contribution >= 0.6 is 0 Å². The summed E-state index contributed by atoms with van der Waals surface area (Å²) >= 11 is 0. The summed E-state index contributed by atoms with van der Waals surface area (Å²) in [5.41, 5.74) is 1.21. The number of benzene rings is 1. The van der Waals surface area contributed by atoms with Gasteiger partial charge in [0.2, 0.25) is 0 Å². The molecular formula is C19H27NO3. The lowest BCUT2D eigenvalue weighted by Gasteiger charge is -2.39. The van der Waals surface area contributed by atoms with Crippen LogP contribution in [-0.4, -0.2) is 49.5 Å². The average molecular weight is 317 g/mol. The third-order valence-electron chi connectivity index (χ3n) is 5.25. The van der Waals surface area contributed by atoms with Crippen LogP contribution in [0.3, 0.4) is 0 Å². The van der Waals surface area contributed by atoms with Crippen LogP contribution in [0.2, 0.25) is 0 Å². The van der Waals surface area contributed by atoms with Crippen molar-refractivity contribution in [1.29, 1.82) is 0 Å². The van der Waals surface area contributed by atoms with E-state index >= 15 is 0 Å². The van der Waals surface area contributed by atoms with E-state index in [1.54, 1.807) is 7.11 Å². The second kappa shape index (κ2) is 6.54. The highest BCUT2D eigenvalue weighted by molar-refractivity contribution is 5.48. The molecule has 1 fully saturated rings. The predicted octanol–water partition coefficient (Wildman–Crippen LogP) is 2.75. The Bertz CT molecular complexity index is 586. The number of nitrogens with zero attached hydrogens (tertiary/aromatic N) is 1. The first kappa shape index (κ1) is 16.3. The highest BCUT2D eigenvalue weighted by Crippen LogP contribution is 2.47. The number of hydrogen-bond donors (Lipinski definition) is 1. The van der Waals surface area contributed by atoms with Gasteiger partial charge in [0.1, 0.15) is 0 Å². The second-order valence-electron chi connectivity index (χ2n) is 6.66.